The zero-order valence-corrected chi connectivity index (χ0v) is 9.56. The minimum absolute atomic E-state index is 0.187. The number of amides is 1. The van der Waals surface area contributed by atoms with Crippen molar-refractivity contribution in [2.75, 3.05) is 6.54 Å². The molecule has 0 aliphatic rings. The van der Waals surface area contributed by atoms with Gasteiger partial charge in [-0.1, -0.05) is 12.1 Å². The van der Waals surface area contributed by atoms with Gasteiger partial charge in [-0.05, 0) is 24.1 Å². The summed E-state index contributed by atoms with van der Waals surface area (Å²) in [4.78, 5) is 10.6. The maximum absolute atomic E-state index is 12.7. The van der Waals surface area contributed by atoms with Gasteiger partial charge in [0.05, 0.1) is 6.10 Å². The molecule has 1 aromatic carbocycles. The highest BCUT2D eigenvalue weighted by Crippen LogP contribution is 2.18. The minimum Gasteiger partial charge on any atom is -0.390 e. The third-order valence-electron chi connectivity index (χ3n) is 2.39. The molecule has 0 aliphatic carbocycles. The fourth-order valence-electron chi connectivity index (χ4n) is 1.44. The standard InChI is InChI=1S/C12H16FNO3/c1-8(15)14-7-6-11(16)12(17)9-2-4-10(13)5-3-9/h2-5,11-12,16-17H,6-7H2,1H3,(H,14,15). The molecule has 94 valence electrons. The number of aliphatic hydroxyl groups excluding tert-OH is 2. The molecule has 2 atom stereocenters. The van der Waals surface area contributed by atoms with Gasteiger partial charge in [-0.3, -0.25) is 4.79 Å². The van der Waals surface area contributed by atoms with Gasteiger partial charge < -0.3 is 15.5 Å². The lowest BCUT2D eigenvalue weighted by atomic mass is 10.0. The molecule has 0 radical (unpaired) electrons. The van der Waals surface area contributed by atoms with Crippen LogP contribution in [-0.4, -0.2) is 28.8 Å². The quantitative estimate of drug-likeness (QED) is 0.712. The predicted molar refractivity (Wildman–Crippen MR) is 60.7 cm³/mol. The van der Waals surface area contributed by atoms with E-state index in [4.69, 9.17) is 0 Å². The lowest BCUT2D eigenvalue weighted by Gasteiger charge is -2.18. The van der Waals surface area contributed by atoms with Crippen LogP contribution in [0.2, 0.25) is 0 Å². The van der Waals surface area contributed by atoms with Crippen LogP contribution in [0.5, 0.6) is 0 Å². The lowest BCUT2D eigenvalue weighted by molar-refractivity contribution is -0.119. The molecule has 0 fully saturated rings. The highest BCUT2D eigenvalue weighted by molar-refractivity contribution is 5.72. The van der Waals surface area contributed by atoms with E-state index < -0.39 is 18.0 Å². The topological polar surface area (TPSA) is 69.6 Å². The normalized spacial score (nSPS) is 14.1. The van der Waals surface area contributed by atoms with Crippen LogP contribution in [0.15, 0.2) is 24.3 Å². The first-order chi connectivity index (χ1) is 8.00. The first-order valence-corrected chi connectivity index (χ1v) is 5.36. The fraction of sp³-hybridized carbons (Fsp3) is 0.417. The van der Waals surface area contributed by atoms with Gasteiger partial charge in [-0.15, -0.1) is 0 Å². The van der Waals surface area contributed by atoms with Crippen LogP contribution in [0.25, 0.3) is 0 Å². The Morgan fingerprint density at radius 2 is 1.94 bits per heavy atom. The Labute approximate surface area is 99.1 Å². The molecule has 17 heavy (non-hydrogen) atoms. The zero-order chi connectivity index (χ0) is 12.8. The van der Waals surface area contributed by atoms with E-state index in [2.05, 4.69) is 5.32 Å². The van der Waals surface area contributed by atoms with Crippen molar-refractivity contribution in [2.24, 2.45) is 0 Å². The Morgan fingerprint density at radius 1 is 1.35 bits per heavy atom. The summed E-state index contributed by atoms with van der Waals surface area (Å²) < 4.78 is 12.7. The number of hydrogen-bond donors (Lipinski definition) is 3. The molecular weight excluding hydrogens is 225 g/mol. The van der Waals surface area contributed by atoms with Crippen molar-refractivity contribution in [1.29, 1.82) is 0 Å². The maximum Gasteiger partial charge on any atom is 0.216 e. The second kappa shape index (κ2) is 6.32. The van der Waals surface area contributed by atoms with Crippen LogP contribution in [-0.2, 0) is 4.79 Å². The van der Waals surface area contributed by atoms with Gasteiger partial charge in [0, 0.05) is 13.5 Å². The van der Waals surface area contributed by atoms with Gasteiger partial charge in [0.25, 0.3) is 0 Å². The number of aliphatic hydroxyl groups is 2. The SMILES string of the molecule is CC(=O)NCCC(O)C(O)c1ccc(F)cc1. The van der Waals surface area contributed by atoms with Crippen LogP contribution >= 0.6 is 0 Å². The Hall–Kier alpha value is -1.46. The first kappa shape index (κ1) is 13.6. The number of hydrogen-bond acceptors (Lipinski definition) is 3. The minimum atomic E-state index is -1.08. The van der Waals surface area contributed by atoms with E-state index in [9.17, 15) is 19.4 Å². The molecule has 2 unspecified atom stereocenters. The number of carbonyl (C=O) groups excluding carboxylic acids is 1. The van der Waals surface area contributed by atoms with E-state index in [1.807, 2.05) is 0 Å². The molecule has 0 aliphatic heterocycles. The van der Waals surface area contributed by atoms with Crippen molar-refractivity contribution in [3.63, 3.8) is 0 Å². The molecule has 0 heterocycles. The number of carbonyl (C=O) groups is 1. The van der Waals surface area contributed by atoms with Crippen LogP contribution < -0.4 is 5.32 Å². The van der Waals surface area contributed by atoms with Crippen LogP contribution in [0, 0.1) is 5.82 Å². The largest absolute Gasteiger partial charge is 0.390 e. The van der Waals surface area contributed by atoms with Crippen LogP contribution in [0.4, 0.5) is 4.39 Å². The second-order valence-corrected chi connectivity index (χ2v) is 3.84. The summed E-state index contributed by atoms with van der Waals surface area (Å²) in [6, 6.07) is 5.28. The van der Waals surface area contributed by atoms with Gasteiger partial charge in [-0.25, -0.2) is 4.39 Å². The molecule has 0 bridgehead atoms. The molecule has 1 aromatic rings. The van der Waals surface area contributed by atoms with E-state index >= 15 is 0 Å². The number of rotatable bonds is 5. The lowest BCUT2D eigenvalue weighted by Crippen LogP contribution is -2.27. The Bertz CT molecular complexity index is 367. The summed E-state index contributed by atoms with van der Waals surface area (Å²) in [6.45, 7) is 1.66. The maximum atomic E-state index is 12.7. The summed E-state index contributed by atoms with van der Waals surface area (Å²) in [5, 5.41) is 21.9. The molecular formula is C12H16FNO3. The van der Waals surface area contributed by atoms with Gasteiger partial charge >= 0.3 is 0 Å². The van der Waals surface area contributed by atoms with Gasteiger partial charge in [0.1, 0.15) is 11.9 Å². The second-order valence-electron chi connectivity index (χ2n) is 3.84. The Kier molecular flexibility index (Phi) is 5.06. The molecule has 0 aromatic heterocycles. The van der Waals surface area contributed by atoms with Crippen molar-refractivity contribution in [2.45, 2.75) is 25.6 Å². The van der Waals surface area contributed by atoms with Crippen molar-refractivity contribution in [3.05, 3.63) is 35.6 Å². The molecule has 3 N–H and O–H groups in total. The molecule has 1 amide bonds. The first-order valence-electron chi connectivity index (χ1n) is 5.36. The van der Waals surface area contributed by atoms with Crippen molar-refractivity contribution < 1.29 is 19.4 Å². The molecule has 5 heteroatoms. The molecule has 0 saturated carbocycles. The summed E-state index contributed by atoms with van der Waals surface area (Å²) >= 11 is 0. The zero-order valence-electron chi connectivity index (χ0n) is 9.56. The van der Waals surface area contributed by atoms with Crippen molar-refractivity contribution in [1.82, 2.24) is 5.32 Å². The average molecular weight is 241 g/mol. The number of nitrogens with one attached hydrogen (secondary N) is 1. The third kappa shape index (κ3) is 4.50. The summed E-state index contributed by atoms with van der Waals surface area (Å²) in [6.07, 6.45) is -1.84. The van der Waals surface area contributed by atoms with Crippen molar-refractivity contribution >= 4 is 5.91 Å². The van der Waals surface area contributed by atoms with E-state index in [-0.39, 0.29) is 18.9 Å². The molecule has 0 spiro atoms. The monoisotopic (exact) mass is 241 g/mol. The number of benzene rings is 1. The highest BCUT2D eigenvalue weighted by atomic mass is 19.1. The molecule has 4 nitrogen and oxygen atoms in total. The molecule has 1 rings (SSSR count). The summed E-state index contributed by atoms with van der Waals surface area (Å²) in [7, 11) is 0. The Morgan fingerprint density at radius 3 is 2.47 bits per heavy atom. The molecule has 0 saturated heterocycles. The smallest absolute Gasteiger partial charge is 0.216 e. The van der Waals surface area contributed by atoms with Crippen LogP contribution in [0.1, 0.15) is 25.0 Å². The fourth-order valence-corrected chi connectivity index (χ4v) is 1.44. The highest BCUT2D eigenvalue weighted by Gasteiger charge is 2.17. The van der Waals surface area contributed by atoms with E-state index in [1.54, 1.807) is 0 Å². The van der Waals surface area contributed by atoms with Gasteiger partial charge in [0.2, 0.25) is 5.91 Å². The summed E-state index contributed by atoms with van der Waals surface area (Å²) in [5.74, 6) is -0.581. The Balaban J connectivity index is 2.48. The van der Waals surface area contributed by atoms with Crippen molar-refractivity contribution in [3.8, 4) is 0 Å². The summed E-state index contributed by atoms with van der Waals surface area (Å²) in [5.41, 5.74) is 0.446. The van der Waals surface area contributed by atoms with Gasteiger partial charge in [0.15, 0.2) is 0 Å². The van der Waals surface area contributed by atoms with Gasteiger partial charge in [-0.2, -0.15) is 0 Å². The van der Waals surface area contributed by atoms with E-state index in [0.717, 1.165) is 0 Å². The van der Waals surface area contributed by atoms with E-state index in [0.29, 0.717) is 5.56 Å². The van der Waals surface area contributed by atoms with Crippen LogP contribution in [0.3, 0.4) is 0 Å². The van der Waals surface area contributed by atoms with E-state index in [1.165, 1.54) is 31.2 Å². The number of halogens is 1. The average Bonchev–Trinajstić information content (AvgIpc) is 2.28. The predicted octanol–water partition coefficient (Wildman–Crippen LogP) is 0.746. The third-order valence-corrected chi connectivity index (χ3v) is 2.39.